The maximum absolute atomic E-state index is 5.56. The summed E-state index contributed by atoms with van der Waals surface area (Å²) in [6.45, 7) is 2.74. The Morgan fingerprint density at radius 1 is 1.60 bits per heavy atom. The fourth-order valence-corrected chi connectivity index (χ4v) is 2.15. The highest BCUT2D eigenvalue weighted by Gasteiger charge is 2.23. The van der Waals surface area contributed by atoms with Gasteiger partial charge in [0.2, 0.25) is 11.7 Å². The molecular weight excluding hydrogens is 214 g/mol. The third-order valence-corrected chi connectivity index (χ3v) is 3.36. The van der Waals surface area contributed by atoms with Gasteiger partial charge in [0.05, 0.1) is 12.6 Å². The molecule has 1 saturated heterocycles. The van der Waals surface area contributed by atoms with Crippen molar-refractivity contribution in [3.05, 3.63) is 11.7 Å². The molecule has 0 spiro atoms. The minimum Gasteiger partial charge on any atom is -0.368 e. The molecule has 2 rings (SSSR count). The Hall–Kier alpha value is -0.590. The fourth-order valence-electron chi connectivity index (χ4n) is 1.31. The molecule has 0 amide bonds. The first kappa shape index (κ1) is 10.9. The van der Waals surface area contributed by atoms with E-state index in [-0.39, 0.29) is 12.1 Å². The van der Waals surface area contributed by atoms with Crippen LogP contribution in [0.5, 0.6) is 0 Å². The van der Waals surface area contributed by atoms with Gasteiger partial charge in [-0.15, -0.1) is 0 Å². The molecule has 1 aromatic heterocycles. The molecule has 1 aliphatic rings. The molecule has 1 aliphatic heterocycles. The molecule has 0 saturated carbocycles. The number of hydrogen-bond donors (Lipinski definition) is 1. The SMILES string of the molecule is CNC(C)c1nc(C2CSCCO2)no1. The molecular formula is C9H15N3O2S. The second-order valence-corrected chi connectivity index (χ2v) is 4.59. The molecule has 84 valence electrons. The lowest BCUT2D eigenvalue weighted by Crippen LogP contribution is -2.17. The molecule has 2 heterocycles. The average molecular weight is 229 g/mol. The van der Waals surface area contributed by atoms with Gasteiger partial charge in [-0.3, -0.25) is 0 Å². The van der Waals surface area contributed by atoms with E-state index >= 15 is 0 Å². The normalized spacial score (nSPS) is 24.0. The summed E-state index contributed by atoms with van der Waals surface area (Å²) in [7, 11) is 1.86. The van der Waals surface area contributed by atoms with Crippen LogP contribution in [0.3, 0.4) is 0 Å². The second kappa shape index (κ2) is 4.96. The van der Waals surface area contributed by atoms with E-state index in [1.165, 1.54) is 0 Å². The Morgan fingerprint density at radius 2 is 2.47 bits per heavy atom. The van der Waals surface area contributed by atoms with Gasteiger partial charge in [-0.1, -0.05) is 5.16 Å². The molecule has 0 bridgehead atoms. The van der Waals surface area contributed by atoms with Crippen LogP contribution in [0.4, 0.5) is 0 Å². The molecule has 0 radical (unpaired) electrons. The minimum absolute atomic E-state index is 0.00898. The molecule has 15 heavy (non-hydrogen) atoms. The number of thioether (sulfide) groups is 1. The zero-order chi connectivity index (χ0) is 10.7. The predicted molar refractivity (Wildman–Crippen MR) is 57.8 cm³/mol. The Balaban J connectivity index is 2.05. The number of nitrogens with zero attached hydrogens (tertiary/aromatic N) is 2. The zero-order valence-corrected chi connectivity index (χ0v) is 9.71. The van der Waals surface area contributed by atoms with Gasteiger partial charge in [-0.25, -0.2) is 0 Å². The smallest absolute Gasteiger partial charge is 0.243 e. The highest BCUT2D eigenvalue weighted by molar-refractivity contribution is 7.99. The summed E-state index contributed by atoms with van der Waals surface area (Å²) >= 11 is 1.86. The molecule has 1 N–H and O–H groups in total. The maximum atomic E-state index is 5.56. The van der Waals surface area contributed by atoms with Gasteiger partial charge >= 0.3 is 0 Å². The summed E-state index contributed by atoms with van der Waals surface area (Å²) in [4.78, 5) is 4.33. The van der Waals surface area contributed by atoms with Crippen molar-refractivity contribution in [2.45, 2.75) is 19.1 Å². The van der Waals surface area contributed by atoms with Gasteiger partial charge in [-0.2, -0.15) is 16.7 Å². The molecule has 2 unspecified atom stereocenters. The summed E-state index contributed by atoms with van der Waals surface area (Å²) in [5.41, 5.74) is 0. The first-order valence-electron chi connectivity index (χ1n) is 5.01. The quantitative estimate of drug-likeness (QED) is 0.839. The van der Waals surface area contributed by atoms with E-state index in [4.69, 9.17) is 9.26 Å². The topological polar surface area (TPSA) is 60.2 Å². The maximum Gasteiger partial charge on any atom is 0.243 e. The molecule has 6 heteroatoms. The number of ether oxygens (including phenoxy) is 1. The van der Waals surface area contributed by atoms with Gasteiger partial charge in [0, 0.05) is 11.5 Å². The van der Waals surface area contributed by atoms with Crippen molar-refractivity contribution < 1.29 is 9.26 Å². The van der Waals surface area contributed by atoms with Crippen LogP contribution in [0.25, 0.3) is 0 Å². The Kier molecular flexibility index (Phi) is 3.61. The van der Waals surface area contributed by atoms with Crippen molar-refractivity contribution in [3.8, 4) is 0 Å². The van der Waals surface area contributed by atoms with Crippen LogP contribution in [-0.2, 0) is 4.74 Å². The first-order chi connectivity index (χ1) is 7.31. The molecule has 0 aromatic carbocycles. The number of rotatable bonds is 3. The van der Waals surface area contributed by atoms with E-state index in [2.05, 4.69) is 15.5 Å². The van der Waals surface area contributed by atoms with E-state index < -0.39 is 0 Å². The predicted octanol–water partition coefficient (Wildman–Crippen LogP) is 1.15. The van der Waals surface area contributed by atoms with Crippen molar-refractivity contribution in [1.82, 2.24) is 15.5 Å². The first-order valence-corrected chi connectivity index (χ1v) is 6.17. The Bertz CT molecular complexity index is 312. The fraction of sp³-hybridized carbons (Fsp3) is 0.778. The van der Waals surface area contributed by atoms with Crippen LogP contribution in [0.15, 0.2) is 4.52 Å². The average Bonchev–Trinajstić information content (AvgIpc) is 2.78. The molecule has 1 aromatic rings. The van der Waals surface area contributed by atoms with Gasteiger partial charge in [0.25, 0.3) is 0 Å². The van der Waals surface area contributed by atoms with Crippen molar-refractivity contribution >= 4 is 11.8 Å². The van der Waals surface area contributed by atoms with Gasteiger partial charge in [-0.05, 0) is 14.0 Å². The molecule has 1 fully saturated rings. The van der Waals surface area contributed by atoms with Crippen LogP contribution in [0.2, 0.25) is 0 Å². The third kappa shape index (κ3) is 2.50. The van der Waals surface area contributed by atoms with E-state index in [1.54, 1.807) is 0 Å². The highest BCUT2D eigenvalue weighted by Crippen LogP contribution is 2.25. The minimum atomic E-state index is -0.00898. The van der Waals surface area contributed by atoms with E-state index in [0.29, 0.717) is 11.7 Å². The van der Waals surface area contributed by atoms with Crippen molar-refractivity contribution in [2.24, 2.45) is 0 Å². The monoisotopic (exact) mass is 229 g/mol. The van der Waals surface area contributed by atoms with Crippen LogP contribution in [0.1, 0.15) is 30.8 Å². The van der Waals surface area contributed by atoms with Gasteiger partial charge in [0.1, 0.15) is 6.10 Å². The Labute approximate surface area is 93.0 Å². The third-order valence-electron chi connectivity index (χ3n) is 2.36. The van der Waals surface area contributed by atoms with Crippen LogP contribution >= 0.6 is 11.8 Å². The lowest BCUT2D eigenvalue weighted by atomic mass is 10.3. The molecule has 2 atom stereocenters. The lowest BCUT2D eigenvalue weighted by molar-refractivity contribution is 0.0677. The lowest BCUT2D eigenvalue weighted by Gasteiger charge is -2.18. The summed E-state index contributed by atoms with van der Waals surface area (Å²) in [5, 5.41) is 7.00. The standard InChI is InChI=1S/C9H15N3O2S/c1-6(10-2)9-11-8(12-14-9)7-5-15-4-3-13-7/h6-7,10H,3-5H2,1-2H3. The van der Waals surface area contributed by atoms with Gasteiger partial charge in [0.15, 0.2) is 0 Å². The zero-order valence-electron chi connectivity index (χ0n) is 8.90. The summed E-state index contributed by atoms with van der Waals surface area (Å²) < 4.78 is 10.7. The summed E-state index contributed by atoms with van der Waals surface area (Å²) in [6.07, 6.45) is -0.00898. The van der Waals surface area contributed by atoms with Crippen molar-refractivity contribution in [2.75, 3.05) is 25.2 Å². The van der Waals surface area contributed by atoms with Crippen LogP contribution in [-0.4, -0.2) is 35.3 Å². The molecule has 5 nitrogen and oxygen atoms in total. The largest absolute Gasteiger partial charge is 0.368 e. The summed E-state index contributed by atoms with van der Waals surface area (Å²) in [6, 6.07) is 0.0856. The number of hydrogen-bond acceptors (Lipinski definition) is 6. The van der Waals surface area contributed by atoms with E-state index in [9.17, 15) is 0 Å². The summed E-state index contributed by atoms with van der Waals surface area (Å²) in [5.74, 6) is 3.24. The Morgan fingerprint density at radius 3 is 3.13 bits per heavy atom. The number of aromatic nitrogens is 2. The second-order valence-electron chi connectivity index (χ2n) is 3.44. The van der Waals surface area contributed by atoms with E-state index in [1.807, 2.05) is 25.7 Å². The van der Waals surface area contributed by atoms with E-state index in [0.717, 1.165) is 18.1 Å². The van der Waals surface area contributed by atoms with Crippen LogP contribution in [0, 0.1) is 0 Å². The number of nitrogens with one attached hydrogen (secondary N) is 1. The van der Waals surface area contributed by atoms with Crippen molar-refractivity contribution in [3.63, 3.8) is 0 Å². The highest BCUT2D eigenvalue weighted by atomic mass is 32.2. The van der Waals surface area contributed by atoms with Crippen molar-refractivity contribution in [1.29, 1.82) is 0 Å². The van der Waals surface area contributed by atoms with Crippen LogP contribution < -0.4 is 5.32 Å². The molecule has 0 aliphatic carbocycles. The van der Waals surface area contributed by atoms with Gasteiger partial charge < -0.3 is 14.6 Å².